The Morgan fingerprint density at radius 2 is 1.76 bits per heavy atom. The van der Waals surface area contributed by atoms with Crippen molar-refractivity contribution >= 4 is 12.0 Å². The van der Waals surface area contributed by atoms with Crippen molar-refractivity contribution in [2.45, 2.75) is 70.8 Å². The van der Waals surface area contributed by atoms with Crippen LogP contribution in [0, 0.1) is 11.8 Å². The van der Waals surface area contributed by atoms with Gasteiger partial charge in [0.05, 0.1) is 0 Å². The van der Waals surface area contributed by atoms with Crippen LogP contribution in [0.4, 0.5) is 4.79 Å². The molecular weight excluding hydrogens is 364 g/mol. The van der Waals surface area contributed by atoms with Crippen molar-refractivity contribution in [1.29, 1.82) is 0 Å². The first kappa shape index (κ1) is 21.7. The molecule has 5 nitrogen and oxygen atoms in total. The molecule has 1 aromatic rings. The minimum atomic E-state index is -0.472. The number of alkyl carbamates (subject to hydrolysis) is 1. The molecule has 1 heterocycles. The fraction of sp³-hybridized carbons (Fsp3) is 0.667. The molecule has 0 bridgehead atoms. The summed E-state index contributed by atoms with van der Waals surface area (Å²) >= 11 is 0. The normalized spacial score (nSPS) is 25.3. The highest BCUT2D eigenvalue weighted by Gasteiger charge is 2.32. The van der Waals surface area contributed by atoms with Gasteiger partial charge in [0.25, 0.3) is 0 Å². The van der Waals surface area contributed by atoms with Gasteiger partial charge in [0.2, 0.25) is 5.91 Å². The smallest absolute Gasteiger partial charge is 0.407 e. The molecule has 29 heavy (non-hydrogen) atoms. The Morgan fingerprint density at radius 1 is 1.07 bits per heavy atom. The third-order valence-corrected chi connectivity index (χ3v) is 6.13. The lowest BCUT2D eigenvalue weighted by Gasteiger charge is -2.37. The van der Waals surface area contributed by atoms with Crippen LogP contribution in [0.15, 0.2) is 30.3 Å². The maximum atomic E-state index is 13.1. The predicted octanol–water partition coefficient (Wildman–Crippen LogP) is 4.72. The van der Waals surface area contributed by atoms with Crippen molar-refractivity contribution in [2.24, 2.45) is 11.8 Å². The van der Waals surface area contributed by atoms with Crippen molar-refractivity contribution in [3.63, 3.8) is 0 Å². The summed E-state index contributed by atoms with van der Waals surface area (Å²) in [4.78, 5) is 27.0. The number of benzene rings is 1. The quantitative estimate of drug-likeness (QED) is 0.795. The van der Waals surface area contributed by atoms with E-state index in [1.165, 1.54) is 5.56 Å². The average Bonchev–Trinajstić information content (AvgIpc) is 2.72. The van der Waals surface area contributed by atoms with Crippen molar-refractivity contribution in [1.82, 2.24) is 10.2 Å². The lowest BCUT2D eigenvalue weighted by atomic mass is 9.80. The van der Waals surface area contributed by atoms with Gasteiger partial charge in [-0.05, 0) is 70.8 Å². The molecule has 2 fully saturated rings. The Hall–Kier alpha value is -2.04. The zero-order valence-electron chi connectivity index (χ0n) is 18.2. The highest BCUT2D eigenvalue weighted by Crippen LogP contribution is 2.33. The van der Waals surface area contributed by atoms with E-state index in [-0.39, 0.29) is 12.0 Å². The second-order valence-electron chi connectivity index (χ2n) is 9.63. The van der Waals surface area contributed by atoms with Crippen LogP contribution in [-0.4, -0.2) is 42.1 Å². The second kappa shape index (κ2) is 9.64. The number of rotatable bonds is 4. The van der Waals surface area contributed by atoms with Gasteiger partial charge >= 0.3 is 6.09 Å². The van der Waals surface area contributed by atoms with Gasteiger partial charge in [-0.15, -0.1) is 0 Å². The van der Waals surface area contributed by atoms with Gasteiger partial charge in [-0.25, -0.2) is 4.79 Å². The first-order chi connectivity index (χ1) is 13.8. The van der Waals surface area contributed by atoms with E-state index in [4.69, 9.17) is 4.74 Å². The number of nitrogens with zero attached hydrogens (tertiary/aromatic N) is 1. The molecule has 160 valence electrons. The van der Waals surface area contributed by atoms with Gasteiger partial charge in [-0.3, -0.25) is 4.79 Å². The molecule has 2 aliphatic rings. The van der Waals surface area contributed by atoms with Crippen LogP contribution >= 0.6 is 0 Å². The average molecular weight is 401 g/mol. The zero-order chi connectivity index (χ0) is 20.9. The molecule has 1 aromatic carbocycles. The minimum Gasteiger partial charge on any atom is -0.444 e. The molecule has 3 rings (SSSR count). The lowest BCUT2D eigenvalue weighted by molar-refractivity contribution is -0.138. The third kappa shape index (κ3) is 6.48. The Balaban J connectivity index is 1.43. The van der Waals surface area contributed by atoms with Crippen LogP contribution in [0.3, 0.4) is 0 Å². The third-order valence-electron chi connectivity index (χ3n) is 6.13. The van der Waals surface area contributed by atoms with Gasteiger partial charge in [0, 0.05) is 31.5 Å². The van der Waals surface area contributed by atoms with Crippen molar-refractivity contribution in [2.75, 3.05) is 19.6 Å². The molecule has 1 aliphatic heterocycles. The Kier molecular flexibility index (Phi) is 7.20. The highest BCUT2D eigenvalue weighted by molar-refractivity contribution is 5.79. The summed E-state index contributed by atoms with van der Waals surface area (Å²) in [5, 5.41) is 2.88. The Morgan fingerprint density at radius 3 is 2.41 bits per heavy atom. The van der Waals surface area contributed by atoms with Crippen molar-refractivity contribution < 1.29 is 14.3 Å². The van der Waals surface area contributed by atoms with Crippen LogP contribution in [0.2, 0.25) is 0 Å². The van der Waals surface area contributed by atoms with Crippen LogP contribution < -0.4 is 5.32 Å². The molecule has 1 atom stereocenters. The first-order valence-corrected chi connectivity index (χ1v) is 11.1. The van der Waals surface area contributed by atoms with E-state index in [1.807, 2.05) is 26.8 Å². The number of nitrogens with one attached hydrogen (secondary N) is 1. The number of carbonyl (C=O) groups excluding carboxylic acids is 2. The molecule has 1 saturated heterocycles. The zero-order valence-corrected chi connectivity index (χ0v) is 18.2. The van der Waals surface area contributed by atoms with Crippen molar-refractivity contribution in [3.8, 4) is 0 Å². The van der Waals surface area contributed by atoms with E-state index in [0.717, 1.165) is 51.6 Å². The number of piperidine rings is 1. The van der Waals surface area contributed by atoms with E-state index in [2.05, 4.69) is 34.5 Å². The summed E-state index contributed by atoms with van der Waals surface area (Å²) in [6.45, 7) is 7.98. The highest BCUT2D eigenvalue weighted by atomic mass is 16.6. The predicted molar refractivity (Wildman–Crippen MR) is 115 cm³/mol. The van der Waals surface area contributed by atoms with E-state index in [0.29, 0.717) is 24.3 Å². The lowest BCUT2D eigenvalue weighted by Crippen LogP contribution is -2.43. The van der Waals surface area contributed by atoms with Crippen LogP contribution in [0.1, 0.15) is 70.8 Å². The SMILES string of the molecule is CC(C)(C)OC(=O)NCC1CCC(C(=O)N2CCCC(c3ccccc3)C2)CC1. The van der Waals surface area contributed by atoms with Gasteiger partial charge in [0.1, 0.15) is 5.60 Å². The van der Waals surface area contributed by atoms with Crippen LogP contribution in [0.5, 0.6) is 0 Å². The first-order valence-electron chi connectivity index (χ1n) is 11.1. The fourth-order valence-electron chi connectivity index (χ4n) is 4.59. The number of ether oxygens (including phenoxy) is 1. The molecule has 0 spiro atoms. The molecule has 1 saturated carbocycles. The summed E-state index contributed by atoms with van der Waals surface area (Å²) < 4.78 is 5.30. The molecule has 0 aromatic heterocycles. The van der Waals surface area contributed by atoms with Gasteiger partial charge in [0.15, 0.2) is 0 Å². The summed E-state index contributed by atoms with van der Waals surface area (Å²) in [6.07, 6.45) is 5.72. The number of amides is 2. The van der Waals surface area contributed by atoms with Crippen LogP contribution in [0.25, 0.3) is 0 Å². The minimum absolute atomic E-state index is 0.141. The van der Waals surface area contributed by atoms with E-state index < -0.39 is 5.60 Å². The Bertz CT molecular complexity index is 675. The molecule has 1 aliphatic carbocycles. The van der Waals surface area contributed by atoms with Crippen molar-refractivity contribution in [3.05, 3.63) is 35.9 Å². The van der Waals surface area contributed by atoms with Gasteiger partial charge in [-0.2, -0.15) is 0 Å². The number of hydrogen-bond acceptors (Lipinski definition) is 3. The molecule has 0 radical (unpaired) electrons. The van der Waals surface area contributed by atoms with E-state index in [9.17, 15) is 9.59 Å². The topological polar surface area (TPSA) is 58.6 Å². The summed E-state index contributed by atoms with van der Waals surface area (Å²) in [6, 6.07) is 10.6. The Labute approximate surface area is 175 Å². The molecule has 1 N–H and O–H groups in total. The largest absolute Gasteiger partial charge is 0.444 e. The second-order valence-corrected chi connectivity index (χ2v) is 9.63. The fourth-order valence-corrected chi connectivity index (χ4v) is 4.59. The number of carbonyl (C=O) groups is 2. The number of likely N-dealkylation sites (tertiary alicyclic amines) is 1. The van der Waals surface area contributed by atoms with Gasteiger partial charge < -0.3 is 15.0 Å². The maximum absolute atomic E-state index is 13.1. The molecular formula is C24H36N2O3. The summed E-state index contributed by atoms with van der Waals surface area (Å²) in [5.41, 5.74) is 0.877. The molecule has 5 heteroatoms. The summed E-state index contributed by atoms with van der Waals surface area (Å²) in [7, 11) is 0. The number of hydrogen-bond donors (Lipinski definition) is 1. The van der Waals surface area contributed by atoms with Crippen LogP contribution in [-0.2, 0) is 9.53 Å². The van der Waals surface area contributed by atoms with E-state index in [1.54, 1.807) is 0 Å². The maximum Gasteiger partial charge on any atom is 0.407 e. The summed E-state index contributed by atoms with van der Waals surface area (Å²) in [5.74, 6) is 1.37. The molecule has 2 amide bonds. The monoisotopic (exact) mass is 400 g/mol. The van der Waals surface area contributed by atoms with E-state index >= 15 is 0 Å². The molecule has 1 unspecified atom stereocenters. The standard InChI is InChI=1S/C24H36N2O3/c1-24(2,3)29-23(28)25-16-18-11-13-20(14-12-18)22(27)26-15-7-10-21(17-26)19-8-5-4-6-9-19/h4-6,8-9,18,20-21H,7,10-17H2,1-3H3,(H,25,28). The van der Waals surface area contributed by atoms with Gasteiger partial charge in [-0.1, -0.05) is 30.3 Å².